The minimum atomic E-state index is -0.226. The SMILES string of the molecule is C[C@]1(CO)CCC[C@@H]1NC(=O)Nc1cccc2cnccc12. The molecule has 1 saturated carbocycles. The quantitative estimate of drug-likeness (QED) is 0.816. The van der Waals surface area contributed by atoms with Gasteiger partial charge in [-0.1, -0.05) is 25.5 Å². The summed E-state index contributed by atoms with van der Waals surface area (Å²) in [5.41, 5.74) is 0.543. The van der Waals surface area contributed by atoms with Gasteiger partial charge in [0.2, 0.25) is 0 Å². The number of aliphatic hydroxyl groups excluding tert-OH is 1. The van der Waals surface area contributed by atoms with Gasteiger partial charge in [0.1, 0.15) is 0 Å². The summed E-state index contributed by atoms with van der Waals surface area (Å²) in [6.45, 7) is 2.12. The molecule has 5 heteroatoms. The minimum absolute atomic E-state index is 0.00847. The fourth-order valence-electron chi connectivity index (χ4n) is 3.22. The van der Waals surface area contributed by atoms with E-state index in [1.165, 1.54) is 0 Å². The molecule has 2 atom stereocenters. The van der Waals surface area contributed by atoms with E-state index in [1.807, 2.05) is 31.2 Å². The first kappa shape index (κ1) is 14.8. The first-order chi connectivity index (χ1) is 10.6. The second kappa shape index (κ2) is 5.93. The van der Waals surface area contributed by atoms with Gasteiger partial charge < -0.3 is 15.7 Å². The van der Waals surface area contributed by atoms with Gasteiger partial charge in [-0.25, -0.2) is 4.79 Å². The molecule has 2 aromatic rings. The Balaban J connectivity index is 1.74. The maximum atomic E-state index is 12.3. The van der Waals surface area contributed by atoms with Crippen molar-refractivity contribution in [2.75, 3.05) is 11.9 Å². The van der Waals surface area contributed by atoms with Crippen molar-refractivity contribution in [2.24, 2.45) is 5.41 Å². The maximum Gasteiger partial charge on any atom is 0.319 e. The Morgan fingerprint density at radius 1 is 1.45 bits per heavy atom. The highest BCUT2D eigenvalue weighted by atomic mass is 16.3. The van der Waals surface area contributed by atoms with Gasteiger partial charge in [0.25, 0.3) is 0 Å². The summed E-state index contributed by atoms with van der Waals surface area (Å²) in [6.07, 6.45) is 6.36. The molecule has 22 heavy (non-hydrogen) atoms. The van der Waals surface area contributed by atoms with E-state index in [2.05, 4.69) is 15.6 Å². The number of hydrogen-bond acceptors (Lipinski definition) is 3. The van der Waals surface area contributed by atoms with Crippen molar-refractivity contribution in [1.82, 2.24) is 10.3 Å². The van der Waals surface area contributed by atoms with E-state index in [0.29, 0.717) is 0 Å². The summed E-state index contributed by atoms with van der Waals surface area (Å²) in [6, 6.07) is 7.41. The lowest BCUT2D eigenvalue weighted by Gasteiger charge is -2.30. The molecule has 2 amide bonds. The number of pyridine rings is 1. The van der Waals surface area contributed by atoms with Gasteiger partial charge in [-0.3, -0.25) is 4.98 Å². The predicted molar refractivity (Wildman–Crippen MR) is 86.7 cm³/mol. The average Bonchev–Trinajstić information content (AvgIpc) is 2.89. The number of nitrogens with zero attached hydrogens (tertiary/aromatic N) is 1. The molecule has 1 aliphatic carbocycles. The third kappa shape index (κ3) is 2.76. The molecule has 1 aromatic carbocycles. The molecule has 0 aliphatic heterocycles. The van der Waals surface area contributed by atoms with Crippen LogP contribution in [0.5, 0.6) is 0 Å². The number of rotatable bonds is 3. The Morgan fingerprint density at radius 2 is 2.32 bits per heavy atom. The molecule has 1 heterocycles. The maximum absolute atomic E-state index is 12.3. The van der Waals surface area contributed by atoms with Crippen molar-refractivity contribution in [3.05, 3.63) is 36.7 Å². The van der Waals surface area contributed by atoms with Crippen LogP contribution in [-0.2, 0) is 0 Å². The van der Waals surface area contributed by atoms with Crippen molar-refractivity contribution >= 4 is 22.5 Å². The van der Waals surface area contributed by atoms with E-state index < -0.39 is 0 Å². The molecule has 0 spiro atoms. The summed E-state index contributed by atoms with van der Waals surface area (Å²) in [5, 5.41) is 17.4. The number of amides is 2. The molecule has 1 aromatic heterocycles. The molecular weight excluding hydrogens is 278 g/mol. The normalized spacial score (nSPS) is 24.4. The summed E-state index contributed by atoms with van der Waals surface area (Å²) in [4.78, 5) is 16.4. The van der Waals surface area contributed by atoms with Gasteiger partial charge in [-0.2, -0.15) is 0 Å². The van der Waals surface area contributed by atoms with Crippen LogP contribution in [-0.4, -0.2) is 28.8 Å². The molecular formula is C17H21N3O2. The zero-order valence-electron chi connectivity index (χ0n) is 12.7. The van der Waals surface area contributed by atoms with Crippen molar-refractivity contribution in [3.63, 3.8) is 0 Å². The average molecular weight is 299 g/mol. The van der Waals surface area contributed by atoms with Crippen molar-refractivity contribution in [3.8, 4) is 0 Å². The van der Waals surface area contributed by atoms with Crippen LogP contribution in [0.4, 0.5) is 10.5 Å². The third-order valence-corrected chi connectivity index (χ3v) is 4.68. The van der Waals surface area contributed by atoms with Crippen LogP contribution in [0.2, 0.25) is 0 Å². The Kier molecular flexibility index (Phi) is 3.98. The van der Waals surface area contributed by atoms with Crippen LogP contribution in [0, 0.1) is 5.41 Å². The number of nitrogens with one attached hydrogen (secondary N) is 2. The van der Waals surface area contributed by atoms with E-state index in [1.54, 1.807) is 12.4 Å². The Hall–Kier alpha value is -2.14. The summed E-state index contributed by atoms with van der Waals surface area (Å²) >= 11 is 0. The predicted octanol–water partition coefficient (Wildman–Crippen LogP) is 2.91. The van der Waals surface area contributed by atoms with Gasteiger partial charge in [0.15, 0.2) is 0 Å². The molecule has 116 valence electrons. The van der Waals surface area contributed by atoms with E-state index in [4.69, 9.17) is 0 Å². The van der Waals surface area contributed by atoms with Gasteiger partial charge in [0.05, 0.1) is 12.3 Å². The highest BCUT2D eigenvalue weighted by molar-refractivity contribution is 6.01. The van der Waals surface area contributed by atoms with Crippen LogP contribution in [0.25, 0.3) is 10.8 Å². The topological polar surface area (TPSA) is 74.2 Å². The molecule has 3 rings (SSSR count). The lowest BCUT2D eigenvalue weighted by molar-refractivity contribution is 0.122. The molecule has 1 fully saturated rings. The first-order valence-electron chi connectivity index (χ1n) is 7.63. The highest BCUT2D eigenvalue weighted by Gasteiger charge is 2.39. The molecule has 0 saturated heterocycles. The van der Waals surface area contributed by atoms with Gasteiger partial charge in [-0.15, -0.1) is 0 Å². The van der Waals surface area contributed by atoms with Gasteiger partial charge in [0, 0.05) is 34.6 Å². The lowest BCUT2D eigenvalue weighted by atomic mass is 9.86. The number of urea groups is 1. The van der Waals surface area contributed by atoms with E-state index >= 15 is 0 Å². The minimum Gasteiger partial charge on any atom is -0.396 e. The number of benzene rings is 1. The summed E-state index contributed by atoms with van der Waals surface area (Å²) in [5.74, 6) is 0. The second-order valence-electron chi connectivity index (χ2n) is 6.26. The Morgan fingerprint density at radius 3 is 3.14 bits per heavy atom. The monoisotopic (exact) mass is 299 g/mol. The summed E-state index contributed by atoms with van der Waals surface area (Å²) in [7, 11) is 0. The zero-order chi connectivity index (χ0) is 15.6. The number of aromatic nitrogens is 1. The van der Waals surface area contributed by atoms with E-state index in [-0.39, 0.29) is 24.1 Å². The Labute approximate surface area is 129 Å². The fourth-order valence-corrected chi connectivity index (χ4v) is 3.22. The number of carbonyl (C=O) groups excluding carboxylic acids is 1. The van der Waals surface area contributed by atoms with Crippen LogP contribution in [0.15, 0.2) is 36.7 Å². The smallest absolute Gasteiger partial charge is 0.319 e. The van der Waals surface area contributed by atoms with Crippen LogP contribution >= 0.6 is 0 Å². The van der Waals surface area contributed by atoms with Crippen molar-refractivity contribution < 1.29 is 9.90 Å². The van der Waals surface area contributed by atoms with E-state index in [9.17, 15) is 9.90 Å². The van der Waals surface area contributed by atoms with Gasteiger partial charge in [-0.05, 0) is 25.0 Å². The van der Waals surface area contributed by atoms with E-state index in [0.717, 1.165) is 35.7 Å². The summed E-state index contributed by atoms with van der Waals surface area (Å²) < 4.78 is 0. The molecule has 1 aliphatic rings. The number of carbonyl (C=O) groups is 1. The van der Waals surface area contributed by atoms with Crippen LogP contribution in [0.3, 0.4) is 0 Å². The number of aliphatic hydroxyl groups is 1. The lowest BCUT2D eigenvalue weighted by Crippen LogP contribution is -2.46. The molecule has 0 radical (unpaired) electrons. The molecule has 5 nitrogen and oxygen atoms in total. The van der Waals surface area contributed by atoms with Crippen LogP contribution in [0.1, 0.15) is 26.2 Å². The van der Waals surface area contributed by atoms with Crippen LogP contribution < -0.4 is 10.6 Å². The van der Waals surface area contributed by atoms with Crippen molar-refractivity contribution in [2.45, 2.75) is 32.2 Å². The van der Waals surface area contributed by atoms with Gasteiger partial charge >= 0.3 is 6.03 Å². The number of fused-ring (bicyclic) bond motifs is 1. The third-order valence-electron chi connectivity index (χ3n) is 4.68. The zero-order valence-corrected chi connectivity index (χ0v) is 12.7. The number of anilines is 1. The molecule has 3 N–H and O–H groups in total. The number of hydrogen-bond donors (Lipinski definition) is 3. The fraction of sp³-hybridized carbons (Fsp3) is 0.412. The van der Waals surface area contributed by atoms with Crippen molar-refractivity contribution in [1.29, 1.82) is 0 Å². The Bertz CT molecular complexity index is 683. The standard InChI is InChI=1S/C17H21N3O2/c1-17(11-21)8-3-6-15(17)20-16(22)19-14-5-2-4-12-10-18-9-7-13(12)14/h2,4-5,7,9-10,15,21H,3,6,8,11H2,1H3,(H2,19,20,22)/t15-,17+/m0/s1. The second-order valence-corrected chi connectivity index (χ2v) is 6.26. The largest absolute Gasteiger partial charge is 0.396 e. The first-order valence-corrected chi connectivity index (χ1v) is 7.63. The molecule has 0 unspecified atom stereocenters. The highest BCUT2D eigenvalue weighted by Crippen LogP contribution is 2.37. The molecule has 0 bridgehead atoms.